The maximum Gasteiger partial charge on any atom is 0.430 e. The van der Waals surface area contributed by atoms with Crippen LogP contribution in [0, 0.1) is 17.5 Å². The molecule has 2 heterocycles. The van der Waals surface area contributed by atoms with Crippen LogP contribution in [0.1, 0.15) is 33.5 Å². The summed E-state index contributed by atoms with van der Waals surface area (Å²) in [6.45, 7) is -2.54. The number of nitrogens with zero attached hydrogens (tertiary/aromatic N) is 2. The van der Waals surface area contributed by atoms with Gasteiger partial charge in [0, 0.05) is 36.6 Å². The second-order valence-electron chi connectivity index (χ2n) is 10.9. The van der Waals surface area contributed by atoms with E-state index in [1.807, 2.05) is 0 Å². The maximum absolute atomic E-state index is 14.5. The largest absolute Gasteiger partial charge is 0.430 e. The number of likely N-dealkylation sites (tertiary alicyclic amines) is 1. The Morgan fingerprint density at radius 3 is 1.98 bits per heavy atom. The van der Waals surface area contributed by atoms with Crippen LogP contribution in [0.5, 0.6) is 0 Å². The number of carbonyl (C=O) groups is 1. The Morgan fingerprint density at radius 2 is 1.44 bits per heavy atom. The van der Waals surface area contributed by atoms with Gasteiger partial charge in [-0.25, -0.2) is 21.6 Å². The molecule has 0 bridgehead atoms. The van der Waals surface area contributed by atoms with Crippen LogP contribution in [-0.4, -0.2) is 49.7 Å². The second kappa shape index (κ2) is 12.5. The summed E-state index contributed by atoms with van der Waals surface area (Å²) in [5, 5.41) is 0. The molecule has 1 aliphatic rings. The smallest absolute Gasteiger partial charge is 0.349 e. The summed E-state index contributed by atoms with van der Waals surface area (Å²) in [5.74, 6) is -4.30. The predicted molar refractivity (Wildman–Crippen MR) is 151 cm³/mol. The van der Waals surface area contributed by atoms with Crippen molar-refractivity contribution in [2.24, 2.45) is 0 Å². The van der Waals surface area contributed by atoms with Crippen LogP contribution in [0.15, 0.2) is 96.2 Å². The van der Waals surface area contributed by atoms with E-state index in [1.165, 1.54) is 24.5 Å². The number of hydrogen-bond acceptors (Lipinski definition) is 5. The van der Waals surface area contributed by atoms with Gasteiger partial charge in [0.15, 0.2) is 9.84 Å². The molecular weight excluding hydrogens is 679 g/mol. The molecule has 0 unspecified atom stereocenters. The minimum Gasteiger partial charge on any atom is -0.349 e. The Kier molecular flexibility index (Phi) is 9.11. The topological polar surface area (TPSA) is 76.6 Å². The van der Waals surface area contributed by atoms with Crippen molar-refractivity contribution in [1.29, 1.82) is 0 Å². The number of aromatic nitrogens is 1. The third kappa shape index (κ3) is 5.91. The molecule has 1 atom stereocenters. The van der Waals surface area contributed by atoms with E-state index in [2.05, 4.69) is 9.72 Å². The highest BCUT2D eigenvalue weighted by Crippen LogP contribution is 2.54. The van der Waals surface area contributed by atoms with E-state index in [4.69, 9.17) is 0 Å². The lowest BCUT2D eigenvalue weighted by molar-refractivity contribution is -0.392. The van der Waals surface area contributed by atoms with Crippen molar-refractivity contribution in [3.63, 3.8) is 0 Å². The Balaban J connectivity index is 1.62. The van der Waals surface area contributed by atoms with Crippen LogP contribution < -0.4 is 0 Å². The molecule has 1 aromatic heterocycles. The van der Waals surface area contributed by atoms with E-state index < -0.39 is 85.1 Å². The molecule has 0 N–H and O–H groups in total. The molecule has 0 saturated carbocycles. The Labute approximate surface area is 267 Å². The van der Waals surface area contributed by atoms with Crippen molar-refractivity contribution in [2.45, 2.75) is 40.6 Å². The van der Waals surface area contributed by atoms with Gasteiger partial charge in [0.1, 0.15) is 22.2 Å². The lowest BCUT2D eigenvalue weighted by Gasteiger charge is -2.38. The van der Waals surface area contributed by atoms with Crippen LogP contribution >= 0.6 is 0 Å². The molecule has 4 aromatic rings. The van der Waals surface area contributed by atoms with Crippen molar-refractivity contribution in [2.75, 3.05) is 13.1 Å². The quantitative estimate of drug-likeness (QED) is 0.143. The third-order valence-corrected chi connectivity index (χ3v) is 10.7. The van der Waals surface area contributed by atoms with Crippen molar-refractivity contribution in [1.82, 2.24) is 9.88 Å². The molecule has 254 valence electrons. The zero-order chi connectivity index (χ0) is 35.1. The van der Waals surface area contributed by atoms with E-state index in [1.54, 1.807) is 0 Å². The third-order valence-electron chi connectivity index (χ3n) is 8.18. The minimum absolute atomic E-state index is 0.0893. The van der Waals surface area contributed by atoms with Crippen molar-refractivity contribution >= 4 is 15.7 Å². The standard InChI is InChI=1S/C32H23F9N2O4S/c33-23-10-12-24(13-11-23)48(45,46)29(14-16-43(19-29)28(44)20-3-2-15-42-17-20)21-6-8-22(9-7-21)30(31(36,37)38,32(39,40)41)47-18-25-26(34)4-1-5-27(25)35/h1-13,15,17H,14,16,18-19H2/t29-/m0/s1. The number of alkyl halides is 6. The molecule has 0 radical (unpaired) electrons. The Hall–Kier alpha value is -4.44. The second-order valence-corrected chi connectivity index (χ2v) is 13.2. The summed E-state index contributed by atoms with van der Waals surface area (Å²) in [4.78, 5) is 17.8. The van der Waals surface area contributed by atoms with E-state index in [0.717, 1.165) is 47.4 Å². The van der Waals surface area contributed by atoms with Gasteiger partial charge in [-0.1, -0.05) is 30.3 Å². The van der Waals surface area contributed by atoms with Gasteiger partial charge >= 0.3 is 12.4 Å². The van der Waals surface area contributed by atoms with Gasteiger partial charge in [-0.2, -0.15) is 26.3 Å². The molecule has 0 spiro atoms. The van der Waals surface area contributed by atoms with Crippen LogP contribution in [0.3, 0.4) is 0 Å². The summed E-state index contributed by atoms with van der Waals surface area (Å²) in [5.41, 5.74) is -8.03. The molecule has 1 amide bonds. The number of halogens is 9. The molecule has 1 saturated heterocycles. The summed E-state index contributed by atoms with van der Waals surface area (Å²) < 4.78 is 159. The van der Waals surface area contributed by atoms with Gasteiger partial charge < -0.3 is 9.64 Å². The van der Waals surface area contributed by atoms with Gasteiger partial charge in [-0.3, -0.25) is 9.78 Å². The van der Waals surface area contributed by atoms with E-state index in [9.17, 15) is 52.7 Å². The van der Waals surface area contributed by atoms with Gasteiger partial charge in [-0.05, 0) is 60.5 Å². The highest BCUT2D eigenvalue weighted by molar-refractivity contribution is 7.92. The first-order valence-electron chi connectivity index (χ1n) is 14.0. The highest BCUT2D eigenvalue weighted by atomic mass is 32.2. The number of carbonyl (C=O) groups excluding carboxylic acids is 1. The van der Waals surface area contributed by atoms with E-state index in [-0.39, 0.29) is 24.1 Å². The molecule has 1 fully saturated rings. The average Bonchev–Trinajstić information content (AvgIpc) is 3.49. The number of pyridine rings is 1. The zero-order valence-electron chi connectivity index (χ0n) is 24.3. The predicted octanol–water partition coefficient (Wildman–Crippen LogP) is 7.25. The van der Waals surface area contributed by atoms with Crippen LogP contribution in [0.4, 0.5) is 39.5 Å². The number of amides is 1. The number of ether oxygens (including phenoxy) is 1. The number of sulfone groups is 1. The van der Waals surface area contributed by atoms with Crippen molar-refractivity contribution in [3.05, 3.63) is 131 Å². The number of rotatable bonds is 8. The van der Waals surface area contributed by atoms with E-state index >= 15 is 0 Å². The Bertz CT molecular complexity index is 1870. The SMILES string of the molecule is O=C(c1cccnc1)N1CC[C@](c2ccc(C(OCc3c(F)cccc3F)(C(F)(F)F)C(F)(F)F)cc2)(S(=O)(=O)c2ccc(F)cc2)C1. The Morgan fingerprint density at radius 1 is 0.833 bits per heavy atom. The fourth-order valence-corrected chi connectivity index (χ4v) is 7.75. The fraction of sp³-hybridized carbons (Fsp3) is 0.250. The highest BCUT2D eigenvalue weighted by Gasteiger charge is 2.73. The molecule has 6 nitrogen and oxygen atoms in total. The molecule has 48 heavy (non-hydrogen) atoms. The lowest BCUT2D eigenvalue weighted by Crippen LogP contribution is -2.56. The molecule has 3 aromatic carbocycles. The maximum atomic E-state index is 14.5. The molecule has 16 heteroatoms. The van der Waals surface area contributed by atoms with E-state index in [0.29, 0.717) is 24.3 Å². The van der Waals surface area contributed by atoms with Gasteiger partial charge in [-0.15, -0.1) is 0 Å². The number of hydrogen-bond donors (Lipinski definition) is 0. The number of benzene rings is 3. The van der Waals surface area contributed by atoms with Crippen LogP contribution in [0.2, 0.25) is 0 Å². The minimum atomic E-state index is -6.23. The van der Waals surface area contributed by atoms with Gasteiger partial charge in [0.05, 0.1) is 17.1 Å². The summed E-state index contributed by atoms with van der Waals surface area (Å²) in [6, 6.07) is 10.8. The lowest BCUT2D eigenvalue weighted by atomic mass is 9.88. The first-order valence-corrected chi connectivity index (χ1v) is 15.4. The van der Waals surface area contributed by atoms with Crippen molar-refractivity contribution in [3.8, 4) is 0 Å². The first-order chi connectivity index (χ1) is 22.4. The van der Waals surface area contributed by atoms with Gasteiger partial charge in [0.2, 0.25) is 0 Å². The van der Waals surface area contributed by atoms with Gasteiger partial charge in [0.25, 0.3) is 11.5 Å². The summed E-state index contributed by atoms with van der Waals surface area (Å²) >= 11 is 0. The monoisotopic (exact) mass is 702 g/mol. The fourth-order valence-electron chi connectivity index (χ4n) is 5.67. The summed E-state index contributed by atoms with van der Waals surface area (Å²) in [6.07, 6.45) is -10.2. The molecule has 0 aliphatic carbocycles. The first kappa shape index (κ1) is 34.9. The summed E-state index contributed by atoms with van der Waals surface area (Å²) in [7, 11) is -4.61. The molecule has 1 aliphatic heterocycles. The normalized spacial score (nSPS) is 17.5. The van der Waals surface area contributed by atoms with Crippen molar-refractivity contribution < 1.29 is 57.5 Å². The average molecular weight is 703 g/mol. The van der Waals surface area contributed by atoms with Crippen LogP contribution in [-0.2, 0) is 31.5 Å². The zero-order valence-corrected chi connectivity index (χ0v) is 25.1. The van der Waals surface area contributed by atoms with Crippen LogP contribution in [0.25, 0.3) is 0 Å². The molecular formula is C32H23F9N2O4S. The molecule has 5 rings (SSSR count).